The van der Waals surface area contributed by atoms with Crippen LogP contribution in [0.15, 0.2) is 36.4 Å². The molecule has 3 rings (SSSR count). The lowest BCUT2D eigenvalue weighted by Crippen LogP contribution is -2.46. The molecule has 0 aromatic heterocycles. The number of benzene rings is 2. The molecule has 0 atom stereocenters. The van der Waals surface area contributed by atoms with E-state index in [4.69, 9.17) is 0 Å². The Bertz CT molecular complexity index is 838. The predicted molar refractivity (Wildman–Crippen MR) is 94.2 cm³/mol. The highest BCUT2D eigenvalue weighted by Crippen LogP contribution is 2.35. The largest absolute Gasteiger partial charge is 0.504 e. The maximum atomic E-state index is 13.0. The number of phenols is 3. The maximum absolute atomic E-state index is 13.0. The summed E-state index contributed by atoms with van der Waals surface area (Å²) in [6, 6.07) is 7.32. The van der Waals surface area contributed by atoms with Crippen LogP contribution in [0.5, 0.6) is 17.2 Å². The van der Waals surface area contributed by atoms with Gasteiger partial charge in [-0.05, 0) is 49.2 Å². The zero-order valence-electron chi connectivity index (χ0n) is 14.4. The lowest BCUT2D eigenvalue weighted by Gasteiger charge is -2.32. The first-order valence-corrected chi connectivity index (χ1v) is 8.46. The van der Waals surface area contributed by atoms with Gasteiger partial charge in [-0.3, -0.25) is 9.59 Å². The van der Waals surface area contributed by atoms with Crippen LogP contribution in [0.1, 0.15) is 33.6 Å². The minimum absolute atomic E-state index is 0.0209. The van der Waals surface area contributed by atoms with Crippen molar-refractivity contribution in [2.75, 3.05) is 13.1 Å². The average Bonchev–Trinajstić information content (AvgIpc) is 2.66. The number of halogens is 1. The van der Waals surface area contributed by atoms with Crippen molar-refractivity contribution in [1.82, 2.24) is 10.2 Å². The van der Waals surface area contributed by atoms with E-state index < -0.39 is 29.0 Å². The standard InChI is InChI=1S/C19H19FN2O5/c20-13-3-1-11(2-4-13)19(27)22-7-5-14(6-8-22)21-18(26)12-9-15(23)17(25)16(24)10-12/h1-4,9-10,14,23-25H,5-8H2,(H,21,26). The van der Waals surface area contributed by atoms with Crippen molar-refractivity contribution in [3.8, 4) is 17.2 Å². The molecule has 0 radical (unpaired) electrons. The smallest absolute Gasteiger partial charge is 0.253 e. The number of carbonyl (C=O) groups excluding carboxylic acids is 2. The summed E-state index contributed by atoms with van der Waals surface area (Å²) in [6.07, 6.45) is 1.07. The number of nitrogens with zero attached hydrogens (tertiary/aromatic N) is 1. The first kappa shape index (κ1) is 18.5. The fraction of sp³-hybridized carbons (Fsp3) is 0.263. The molecule has 7 nitrogen and oxygen atoms in total. The molecule has 8 heteroatoms. The molecule has 0 unspecified atom stereocenters. The highest BCUT2D eigenvalue weighted by molar-refractivity contribution is 5.96. The topological polar surface area (TPSA) is 110 Å². The van der Waals surface area contributed by atoms with Crippen molar-refractivity contribution < 1.29 is 29.3 Å². The molecule has 27 heavy (non-hydrogen) atoms. The van der Waals surface area contributed by atoms with Gasteiger partial charge in [0.15, 0.2) is 17.2 Å². The van der Waals surface area contributed by atoms with Gasteiger partial charge < -0.3 is 25.5 Å². The van der Waals surface area contributed by atoms with Crippen molar-refractivity contribution in [2.24, 2.45) is 0 Å². The molecule has 4 N–H and O–H groups in total. The molecular weight excluding hydrogens is 355 g/mol. The summed E-state index contributed by atoms with van der Waals surface area (Å²) in [4.78, 5) is 26.3. The summed E-state index contributed by atoms with van der Waals surface area (Å²) < 4.78 is 13.0. The molecule has 142 valence electrons. The van der Waals surface area contributed by atoms with Gasteiger partial charge in [-0.15, -0.1) is 0 Å². The second-order valence-corrected chi connectivity index (χ2v) is 6.41. The monoisotopic (exact) mass is 374 g/mol. The van der Waals surface area contributed by atoms with E-state index in [-0.39, 0.29) is 17.5 Å². The summed E-state index contributed by atoms with van der Waals surface area (Å²) in [6.45, 7) is 0.875. The highest BCUT2D eigenvalue weighted by atomic mass is 19.1. The number of piperidine rings is 1. The van der Waals surface area contributed by atoms with E-state index in [1.807, 2.05) is 0 Å². The van der Waals surface area contributed by atoms with Gasteiger partial charge in [0.25, 0.3) is 11.8 Å². The van der Waals surface area contributed by atoms with Crippen LogP contribution in [0.2, 0.25) is 0 Å². The lowest BCUT2D eigenvalue weighted by molar-refractivity contribution is 0.0698. The molecule has 1 saturated heterocycles. The van der Waals surface area contributed by atoms with Crippen LogP contribution in [-0.2, 0) is 0 Å². The first-order chi connectivity index (χ1) is 12.8. The van der Waals surface area contributed by atoms with Crippen LogP contribution in [0.4, 0.5) is 4.39 Å². The summed E-state index contributed by atoms with van der Waals surface area (Å²) in [5.74, 6) is -2.93. The van der Waals surface area contributed by atoms with Gasteiger partial charge >= 0.3 is 0 Å². The number of likely N-dealkylation sites (tertiary alicyclic amines) is 1. The molecule has 0 bridgehead atoms. The Balaban J connectivity index is 1.57. The second kappa shape index (κ2) is 7.53. The van der Waals surface area contributed by atoms with Gasteiger partial charge in [0, 0.05) is 30.3 Å². The Morgan fingerprint density at radius 2 is 1.52 bits per heavy atom. The number of hydrogen-bond donors (Lipinski definition) is 4. The van der Waals surface area contributed by atoms with Crippen LogP contribution in [0, 0.1) is 5.82 Å². The Morgan fingerprint density at radius 3 is 2.07 bits per heavy atom. The number of nitrogens with one attached hydrogen (secondary N) is 1. The molecule has 2 aromatic carbocycles. The van der Waals surface area contributed by atoms with Crippen molar-refractivity contribution in [3.05, 3.63) is 53.3 Å². The zero-order valence-corrected chi connectivity index (χ0v) is 14.4. The fourth-order valence-corrected chi connectivity index (χ4v) is 3.01. The fourth-order valence-electron chi connectivity index (χ4n) is 3.01. The van der Waals surface area contributed by atoms with Crippen molar-refractivity contribution >= 4 is 11.8 Å². The molecule has 1 heterocycles. The third-order valence-corrected chi connectivity index (χ3v) is 4.54. The third kappa shape index (κ3) is 4.11. The highest BCUT2D eigenvalue weighted by Gasteiger charge is 2.25. The predicted octanol–water partition coefficient (Wildman–Crippen LogP) is 1.98. The van der Waals surface area contributed by atoms with E-state index in [2.05, 4.69) is 5.32 Å². The number of rotatable bonds is 3. The summed E-state index contributed by atoms with van der Waals surface area (Å²) in [5.41, 5.74) is 0.432. The number of amides is 2. The Kier molecular flexibility index (Phi) is 5.16. The Morgan fingerprint density at radius 1 is 0.963 bits per heavy atom. The third-order valence-electron chi connectivity index (χ3n) is 4.54. The zero-order chi connectivity index (χ0) is 19.6. The van der Waals surface area contributed by atoms with Gasteiger partial charge in [0.05, 0.1) is 0 Å². The van der Waals surface area contributed by atoms with Gasteiger partial charge in [-0.25, -0.2) is 4.39 Å². The normalized spacial score (nSPS) is 14.8. The van der Waals surface area contributed by atoms with Crippen LogP contribution < -0.4 is 5.32 Å². The Hall–Kier alpha value is -3.29. The van der Waals surface area contributed by atoms with Gasteiger partial charge in [-0.1, -0.05) is 0 Å². The Labute approximate surface area is 154 Å². The molecule has 0 aliphatic carbocycles. The van der Waals surface area contributed by atoms with E-state index in [0.29, 0.717) is 31.5 Å². The molecule has 2 amide bonds. The molecule has 2 aromatic rings. The maximum Gasteiger partial charge on any atom is 0.253 e. The number of aromatic hydroxyl groups is 3. The quantitative estimate of drug-likeness (QED) is 0.614. The summed E-state index contributed by atoms with van der Waals surface area (Å²) in [5, 5.41) is 31.1. The van der Waals surface area contributed by atoms with Crippen molar-refractivity contribution in [3.63, 3.8) is 0 Å². The molecule has 0 spiro atoms. The van der Waals surface area contributed by atoms with Crippen molar-refractivity contribution in [2.45, 2.75) is 18.9 Å². The van der Waals surface area contributed by atoms with E-state index in [1.54, 1.807) is 4.90 Å². The van der Waals surface area contributed by atoms with Crippen LogP contribution >= 0.6 is 0 Å². The van der Waals surface area contributed by atoms with Crippen LogP contribution in [-0.4, -0.2) is 51.2 Å². The second-order valence-electron chi connectivity index (χ2n) is 6.41. The van der Waals surface area contributed by atoms with Crippen LogP contribution in [0.3, 0.4) is 0 Å². The minimum Gasteiger partial charge on any atom is -0.504 e. The van der Waals surface area contributed by atoms with E-state index in [9.17, 15) is 29.3 Å². The number of carbonyl (C=O) groups is 2. The first-order valence-electron chi connectivity index (χ1n) is 8.46. The molecule has 1 aliphatic rings. The minimum atomic E-state index is -0.681. The van der Waals surface area contributed by atoms with Gasteiger partial charge in [0.2, 0.25) is 0 Å². The number of hydrogen-bond acceptors (Lipinski definition) is 5. The molecule has 0 saturated carbocycles. The van der Waals surface area contributed by atoms with E-state index in [0.717, 1.165) is 12.1 Å². The van der Waals surface area contributed by atoms with Gasteiger partial charge in [-0.2, -0.15) is 0 Å². The van der Waals surface area contributed by atoms with Crippen LogP contribution in [0.25, 0.3) is 0 Å². The average molecular weight is 374 g/mol. The van der Waals surface area contributed by atoms with Crippen molar-refractivity contribution in [1.29, 1.82) is 0 Å². The summed E-state index contributed by atoms with van der Waals surface area (Å²) in [7, 11) is 0. The molecule has 1 fully saturated rings. The lowest BCUT2D eigenvalue weighted by atomic mass is 10.0. The van der Waals surface area contributed by atoms with E-state index >= 15 is 0 Å². The molecule has 1 aliphatic heterocycles. The number of phenolic OH excluding ortho intramolecular Hbond substituents is 3. The molecular formula is C19H19FN2O5. The van der Waals surface area contributed by atoms with Gasteiger partial charge in [0.1, 0.15) is 5.82 Å². The summed E-state index contributed by atoms with van der Waals surface area (Å²) >= 11 is 0. The SMILES string of the molecule is O=C(NC1CCN(C(=O)c2ccc(F)cc2)CC1)c1cc(O)c(O)c(O)c1. The van der Waals surface area contributed by atoms with E-state index in [1.165, 1.54) is 24.3 Å².